The normalized spacial score (nSPS) is 16.9. The van der Waals surface area contributed by atoms with Gasteiger partial charge in [0.25, 0.3) is 0 Å². The molecule has 0 saturated heterocycles. The van der Waals surface area contributed by atoms with E-state index in [1.54, 1.807) is 6.92 Å². The van der Waals surface area contributed by atoms with Gasteiger partial charge < -0.3 is 14.9 Å². The van der Waals surface area contributed by atoms with Crippen molar-refractivity contribution in [2.24, 2.45) is 0 Å². The first-order valence-corrected chi connectivity index (χ1v) is 9.35. The van der Waals surface area contributed by atoms with Crippen LogP contribution < -0.4 is 0 Å². The predicted octanol–water partition coefficient (Wildman–Crippen LogP) is 2.99. The number of unbranched alkanes of at least 4 members (excludes halogenated alkanes) is 5. The number of hydrogen-bond acceptors (Lipinski definition) is 4. The summed E-state index contributed by atoms with van der Waals surface area (Å²) in [5, 5.41) is 19.7. The van der Waals surface area contributed by atoms with Gasteiger partial charge in [-0.05, 0) is 20.3 Å². The van der Waals surface area contributed by atoms with E-state index >= 15 is 0 Å². The molecule has 1 radical (unpaired) electrons. The highest BCUT2D eigenvalue weighted by atomic mass is 32.1. The van der Waals surface area contributed by atoms with E-state index in [2.05, 4.69) is 19.6 Å². The van der Waals surface area contributed by atoms with E-state index in [0.717, 1.165) is 12.8 Å². The molecule has 0 aromatic heterocycles. The minimum atomic E-state index is -0.935. The second-order valence-electron chi connectivity index (χ2n) is 5.39. The van der Waals surface area contributed by atoms with Gasteiger partial charge in [-0.25, -0.2) is 0 Å². The SMILES string of the molecule is CCCCCCCCC(S)[Si]=C(O)C(C)(CO)OCC. The highest BCUT2D eigenvalue weighted by molar-refractivity contribution is 7.82. The number of hydrogen-bond donors (Lipinski definition) is 3. The van der Waals surface area contributed by atoms with Gasteiger partial charge in [0.05, 0.1) is 21.1 Å². The van der Waals surface area contributed by atoms with Crippen LogP contribution in [-0.2, 0) is 4.74 Å². The van der Waals surface area contributed by atoms with Crippen LogP contribution in [0.1, 0.15) is 65.7 Å². The summed E-state index contributed by atoms with van der Waals surface area (Å²) < 4.78 is 5.45. The van der Waals surface area contributed by atoms with E-state index in [4.69, 9.17) is 4.74 Å². The van der Waals surface area contributed by atoms with E-state index in [1.807, 2.05) is 6.92 Å². The summed E-state index contributed by atoms with van der Waals surface area (Å²) >= 11 is 4.55. The zero-order valence-corrected chi connectivity index (χ0v) is 15.1. The largest absolute Gasteiger partial charge is 0.515 e. The van der Waals surface area contributed by atoms with E-state index in [1.165, 1.54) is 32.1 Å². The van der Waals surface area contributed by atoms with E-state index < -0.39 is 5.60 Å². The van der Waals surface area contributed by atoms with Gasteiger partial charge in [0.2, 0.25) is 0 Å². The maximum absolute atomic E-state index is 10.1. The van der Waals surface area contributed by atoms with Crippen molar-refractivity contribution < 1.29 is 14.9 Å². The van der Waals surface area contributed by atoms with Crippen molar-refractivity contribution in [1.82, 2.24) is 0 Å². The lowest BCUT2D eigenvalue weighted by molar-refractivity contribution is -0.0199. The topological polar surface area (TPSA) is 49.7 Å². The Bertz CT molecular complexity index is 274. The maximum Gasteiger partial charge on any atom is 0.139 e. The third-order valence-electron chi connectivity index (χ3n) is 3.40. The quantitative estimate of drug-likeness (QED) is 0.294. The Balaban J connectivity index is 4.08. The lowest BCUT2D eigenvalue weighted by atomic mass is 10.1. The average molecular weight is 320 g/mol. The molecule has 0 aromatic rings. The number of aliphatic hydroxyl groups excluding tert-OH is 2. The molecule has 0 amide bonds. The van der Waals surface area contributed by atoms with Crippen LogP contribution in [0, 0.1) is 0 Å². The minimum absolute atomic E-state index is 0.160. The van der Waals surface area contributed by atoms with Crippen molar-refractivity contribution in [3.05, 3.63) is 0 Å². The van der Waals surface area contributed by atoms with E-state index in [-0.39, 0.29) is 26.0 Å². The molecule has 5 heteroatoms. The molecular formula is C15H31O3SSi. The van der Waals surface area contributed by atoms with Crippen molar-refractivity contribution in [2.75, 3.05) is 13.2 Å². The molecule has 3 nitrogen and oxygen atoms in total. The molecule has 0 heterocycles. The zero-order chi connectivity index (χ0) is 15.4. The smallest absolute Gasteiger partial charge is 0.139 e. The first-order chi connectivity index (χ1) is 9.50. The summed E-state index contributed by atoms with van der Waals surface area (Å²) in [4.78, 5) is 0.160. The standard InChI is InChI=1S/C15H31O3SSi/c1-4-6-7-8-9-10-11-13(19)20-14(17)15(3,12-16)18-5-2/h13,16-17,19H,4-12H2,1-3H3. The summed E-state index contributed by atoms with van der Waals surface area (Å²) in [6, 6.07) is 0. The van der Waals surface area contributed by atoms with Crippen molar-refractivity contribution >= 4 is 27.1 Å². The molecule has 0 spiro atoms. The van der Waals surface area contributed by atoms with Crippen LogP contribution in [0.15, 0.2) is 0 Å². The fourth-order valence-corrected chi connectivity index (χ4v) is 3.68. The fraction of sp³-hybridized carbons (Fsp3) is 0.933. The molecule has 0 aliphatic rings. The second kappa shape index (κ2) is 11.8. The van der Waals surface area contributed by atoms with Crippen molar-refractivity contribution in [3.8, 4) is 0 Å². The Hall–Kier alpha value is 0.157. The molecule has 0 aliphatic heterocycles. The monoisotopic (exact) mass is 319 g/mol. The Kier molecular flexibility index (Phi) is 11.9. The summed E-state index contributed by atoms with van der Waals surface area (Å²) in [7, 11) is 0.211. The molecule has 2 N–H and O–H groups in total. The third-order valence-corrected chi connectivity index (χ3v) is 5.47. The van der Waals surface area contributed by atoms with Crippen LogP contribution in [0.3, 0.4) is 0 Å². The highest BCUT2D eigenvalue weighted by Gasteiger charge is 2.29. The van der Waals surface area contributed by atoms with E-state index in [0.29, 0.717) is 6.61 Å². The first-order valence-electron chi connectivity index (χ1n) is 7.76. The average Bonchev–Trinajstić information content (AvgIpc) is 2.42. The molecule has 0 fully saturated rings. The van der Waals surface area contributed by atoms with Gasteiger partial charge in [0, 0.05) is 11.5 Å². The van der Waals surface area contributed by atoms with Crippen LogP contribution in [0.2, 0.25) is 0 Å². The number of thiol groups is 1. The predicted molar refractivity (Wildman–Crippen MR) is 90.6 cm³/mol. The molecule has 119 valence electrons. The van der Waals surface area contributed by atoms with Gasteiger partial charge in [-0.3, -0.25) is 0 Å². The number of rotatable bonds is 12. The summed E-state index contributed by atoms with van der Waals surface area (Å²) in [6.45, 7) is 6.08. The molecule has 0 bridgehead atoms. The number of ether oxygens (including phenoxy) is 1. The van der Waals surface area contributed by atoms with Gasteiger partial charge in [0.1, 0.15) is 5.60 Å². The number of aliphatic hydroxyl groups is 2. The van der Waals surface area contributed by atoms with Crippen molar-refractivity contribution in [2.45, 2.75) is 76.2 Å². The van der Waals surface area contributed by atoms with Crippen LogP contribution in [-0.4, -0.2) is 48.4 Å². The maximum atomic E-state index is 10.1. The fourth-order valence-electron chi connectivity index (χ4n) is 2.01. The Morgan fingerprint density at radius 2 is 1.80 bits per heavy atom. The molecule has 2 unspecified atom stereocenters. The lowest BCUT2D eigenvalue weighted by Gasteiger charge is -2.27. The lowest BCUT2D eigenvalue weighted by Crippen LogP contribution is -2.44. The Labute approximate surface area is 132 Å². The van der Waals surface area contributed by atoms with Crippen LogP contribution in [0.5, 0.6) is 0 Å². The summed E-state index contributed by atoms with van der Waals surface area (Å²) in [5.74, 6) is 0. The Morgan fingerprint density at radius 3 is 2.35 bits per heavy atom. The summed E-state index contributed by atoms with van der Waals surface area (Å²) in [6.07, 6.45) is 8.61. The van der Waals surface area contributed by atoms with Gasteiger partial charge in [0.15, 0.2) is 0 Å². The van der Waals surface area contributed by atoms with Crippen molar-refractivity contribution in [3.63, 3.8) is 0 Å². The zero-order valence-electron chi connectivity index (χ0n) is 13.2. The molecule has 0 rings (SSSR count). The van der Waals surface area contributed by atoms with Gasteiger partial charge >= 0.3 is 0 Å². The first kappa shape index (κ1) is 20.2. The van der Waals surface area contributed by atoms with Crippen LogP contribution in [0.25, 0.3) is 0 Å². The van der Waals surface area contributed by atoms with E-state index in [9.17, 15) is 10.2 Å². The highest BCUT2D eigenvalue weighted by Crippen LogP contribution is 2.13. The Morgan fingerprint density at radius 1 is 1.20 bits per heavy atom. The van der Waals surface area contributed by atoms with Gasteiger partial charge in [-0.2, -0.15) is 12.6 Å². The van der Waals surface area contributed by atoms with Gasteiger partial charge in [-0.15, -0.1) is 0 Å². The molecule has 0 saturated carbocycles. The molecule has 2 atom stereocenters. The van der Waals surface area contributed by atoms with Crippen LogP contribution in [0.4, 0.5) is 0 Å². The van der Waals surface area contributed by atoms with Crippen LogP contribution >= 0.6 is 12.6 Å². The molecule has 0 aliphatic carbocycles. The van der Waals surface area contributed by atoms with Crippen molar-refractivity contribution in [1.29, 1.82) is 0 Å². The minimum Gasteiger partial charge on any atom is -0.515 e. The molecule has 20 heavy (non-hydrogen) atoms. The third kappa shape index (κ3) is 8.45. The molecular weight excluding hydrogens is 288 g/mol. The van der Waals surface area contributed by atoms with Gasteiger partial charge in [-0.1, -0.05) is 45.4 Å². The second-order valence-corrected chi connectivity index (χ2v) is 7.96. The summed E-state index contributed by atoms with van der Waals surface area (Å²) in [5.41, 5.74) is -0.935. The molecule has 0 aromatic carbocycles.